The molecular formula is C13H15Br2N5O. The van der Waals surface area contributed by atoms with Crippen molar-refractivity contribution < 1.29 is 4.74 Å². The van der Waals surface area contributed by atoms with Crippen LogP contribution < -0.4 is 15.4 Å². The first-order valence-corrected chi connectivity index (χ1v) is 8.05. The average Bonchev–Trinajstić information content (AvgIpc) is 2.43. The van der Waals surface area contributed by atoms with Gasteiger partial charge in [-0.25, -0.2) is 0 Å². The number of rotatable bonds is 6. The van der Waals surface area contributed by atoms with E-state index in [4.69, 9.17) is 4.74 Å². The predicted octanol–water partition coefficient (Wildman–Crippen LogP) is 3.97. The van der Waals surface area contributed by atoms with E-state index in [1.165, 1.54) is 0 Å². The van der Waals surface area contributed by atoms with Crippen LogP contribution in [0.2, 0.25) is 0 Å². The van der Waals surface area contributed by atoms with Gasteiger partial charge in [-0.1, -0.05) is 15.9 Å². The lowest BCUT2D eigenvalue weighted by Gasteiger charge is -2.10. The first-order valence-electron chi connectivity index (χ1n) is 6.47. The summed E-state index contributed by atoms with van der Waals surface area (Å²) in [6.45, 7) is 5.07. The Hall–Kier alpha value is -1.41. The van der Waals surface area contributed by atoms with Gasteiger partial charge >= 0.3 is 6.01 Å². The van der Waals surface area contributed by atoms with Crippen LogP contribution in [0.4, 0.5) is 17.6 Å². The van der Waals surface area contributed by atoms with Crippen molar-refractivity contribution in [2.24, 2.45) is 0 Å². The van der Waals surface area contributed by atoms with Crippen molar-refractivity contribution in [3.05, 3.63) is 27.1 Å². The van der Waals surface area contributed by atoms with Gasteiger partial charge < -0.3 is 15.4 Å². The van der Waals surface area contributed by atoms with E-state index in [9.17, 15) is 0 Å². The number of nitrogens with one attached hydrogen (secondary N) is 2. The molecule has 0 saturated heterocycles. The maximum absolute atomic E-state index is 5.36. The van der Waals surface area contributed by atoms with Crippen LogP contribution in [0.5, 0.6) is 6.01 Å². The normalized spacial score (nSPS) is 10.3. The summed E-state index contributed by atoms with van der Waals surface area (Å²) in [6.07, 6.45) is 0. The average molecular weight is 417 g/mol. The largest absolute Gasteiger partial charge is 0.464 e. The van der Waals surface area contributed by atoms with Gasteiger partial charge in [0.25, 0.3) is 0 Å². The zero-order valence-electron chi connectivity index (χ0n) is 11.7. The molecule has 0 bridgehead atoms. The quantitative estimate of drug-likeness (QED) is 0.742. The van der Waals surface area contributed by atoms with Crippen molar-refractivity contribution in [3.63, 3.8) is 0 Å². The minimum atomic E-state index is 0.289. The molecule has 1 aromatic heterocycles. The second-order valence-electron chi connectivity index (χ2n) is 3.98. The fraction of sp³-hybridized carbons (Fsp3) is 0.308. The highest BCUT2D eigenvalue weighted by Gasteiger charge is 2.09. The highest BCUT2D eigenvalue weighted by molar-refractivity contribution is 9.11. The van der Waals surface area contributed by atoms with E-state index >= 15 is 0 Å². The standard InChI is InChI=1S/C13H15Br2N5O/c1-3-16-11-18-12(20-13(19-11)21-4-2)17-10-7-8(14)5-6-9(10)15/h5-7H,3-4H2,1-2H3,(H2,16,17,18,19,20). The molecular weight excluding hydrogens is 402 g/mol. The summed E-state index contributed by atoms with van der Waals surface area (Å²) in [6, 6.07) is 6.10. The Morgan fingerprint density at radius 3 is 2.57 bits per heavy atom. The van der Waals surface area contributed by atoms with E-state index in [2.05, 4.69) is 57.4 Å². The molecule has 0 spiro atoms. The molecule has 2 aromatic rings. The maximum atomic E-state index is 5.36. The number of hydrogen-bond acceptors (Lipinski definition) is 6. The van der Waals surface area contributed by atoms with Crippen LogP contribution >= 0.6 is 31.9 Å². The Bertz CT molecular complexity index is 599. The first-order chi connectivity index (χ1) is 10.1. The lowest BCUT2D eigenvalue weighted by atomic mass is 10.3. The molecule has 0 atom stereocenters. The van der Waals surface area contributed by atoms with Gasteiger partial charge in [-0.15, -0.1) is 0 Å². The second kappa shape index (κ2) is 7.56. The van der Waals surface area contributed by atoms with Gasteiger partial charge in [-0.2, -0.15) is 15.0 Å². The Kier molecular flexibility index (Phi) is 5.75. The van der Waals surface area contributed by atoms with E-state index in [1.807, 2.05) is 32.0 Å². The van der Waals surface area contributed by atoms with Gasteiger partial charge in [0.2, 0.25) is 11.9 Å². The highest BCUT2D eigenvalue weighted by Crippen LogP contribution is 2.28. The Morgan fingerprint density at radius 1 is 1.10 bits per heavy atom. The zero-order valence-corrected chi connectivity index (χ0v) is 14.8. The van der Waals surface area contributed by atoms with Crippen molar-refractivity contribution in [2.45, 2.75) is 13.8 Å². The molecule has 0 radical (unpaired) electrons. The number of aromatic nitrogens is 3. The Labute approximate surface area is 140 Å². The smallest absolute Gasteiger partial charge is 0.323 e. The molecule has 2 rings (SSSR count). The molecule has 1 aromatic carbocycles. The molecule has 0 unspecified atom stereocenters. The summed E-state index contributed by atoms with van der Waals surface area (Å²) >= 11 is 6.92. The molecule has 21 heavy (non-hydrogen) atoms. The van der Waals surface area contributed by atoms with Crippen LogP contribution in [0.15, 0.2) is 27.1 Å². The fourth-order valence-corrected chi connectivity index (χ4v) is 2.26. The van der Waals surface area contributed by atoms with Gasteiger partial charge in [-0.05, 0) is 48.0 Å². The molecule has 0 amide bonds. The van der Waals surface area contributed by atoms with Gasteiger partial charge in [0.15, 0.2) is 0 Å². The third kappa shape index (κ3) is 4.53. The summed E-state index contributed by atoms with van der Waals surface area (Å²) in [4.78, 5) is 12.7. The summed E-state index contributed by atoms with van der Waals surface area (Å²) in [5.41, 5.74) is 0.848. The second-order valence-corrected chi connectivity index (χ2v) is 5.75. The van der Waals surface area contributed by atoms with Crippen LogP contribution in [-0.2, 0) is 0 Å². The predicted molar refractivity (Wildman–Crippen MR) is 90.3 cm³/mol. The number of nitrogens with zero attached hydrogens (tertiary/aromatic N) is 3. The summed E-state index contributed by atoms with van der Waals surface area (Å²) < 4.78 is 7.23. The number of hydrogen-bond donors (Lipinski definition) is 2. The number of benzene rings is 1. The third-order valence-electron chi connectivity index (χ3n) is 2.40. The molecule has 6 nitrogen and oxygen atoms in total. The summed E-state index contributed by atoms with van der Waals surface area (Å²) in [7, 11) is 0. The fourth-order valence-electron chi connectivity index (χ4n) is 1.56. The highest BCUT2D eigenvalue weighted by atomic mass is 79.9. The van der Waals surface area contributed by atoms with E-state index in [0.29, 0.717) is 18.5 Å². The lowest BCUT2D eigenvalue weighted by Crippen LogP contribution is -2.09. The third-order valence-corrected chi connectivity index (χ3v) is 3.58. The first kappa shape index (κ1) is 16.0. The van der Waals surface area contributed by atoms with Gasteiger partial charge in [0.1, 0.15) is 0 Å². The van der Waals surface area contributed by atoms with Crippen LogP contribution in [0.25, 0.3) is 0 Å². The Morgan fingerprint density at radius 2 is 1.86 bits per heavy atom. The van der Waals surface area contributed by atoms with Gasteiger partial charge in [-0.3, -0.25) is 0 Å². The van der Waals surface area contributed by atoms with Gasteiger partial charge in [0.05, 0.1) is 12.3 Å². The minimum Gasteiger partial charge on any atom is -0.464 e. The van der Waals surface area contributed by atoms with E-state index in [0.717, 1.165) is 21.2 Å². The van der Waals surface area contributed by atoms with Crippen LogP contribution in [0.1, 0.15) is 13.8 Å². The molecule has 0 fully saturated rings. The molecule has 2 N–H and O–H groups in total. The molecule has 1 heterocycles. The summed E-state index contributed by atoms with van der Waals surface area (Å²) in [5.74, 6) is 0.896. The molecule has 0 saturated carbocycles. The van der Waals surface area contributed by atoms with Crippen molar-refractivity contribution >= 4 is 49.4 Å². The van der Waals surface area contributed by atoms with Crippen LogP contribution in [0, 0.1) is 0 Å². The van der Waals surface area contributed by atoms with E-state index in [-0.39, 0.29) is 6.01 Å². The Balaban J connectivity index is 2.31. The monoisotopic (exact) mass is 415 g/mol. The SMILES string of the molecule is CCNc1nc(Nc2cc(Br)ccc2Br)nc(OCC)n1. The molecule has 0 aliphatic carbocycles. The number of anilines is 3. The van der Waals surface area contributed by atoms with Crippen LogP contribution in [-0.4, -0.2) is 28.1 Å². The maximum Gasteiger partial charge on any atom is 0.323 e. The minimum absolute atomic E-state index is 0.289. The van der Waals surface area contributed by atoms with Crippen molar-refractivity contribution in [1.29, 1.82) is 0 Å². The summed E-state index contributed by atoms with van der Waals surface area (Å²) in [5, 5.41) is 6.21. The molecule has 0 aliphatic rings. The topological polar surface area (TPSA) is 72.0 Å². The van der Waals surface area contributed by atoms with Crippen molar-refractivity contribution in [3.8, 4) is 6.01 Å². The van der Waals surface area contributed by atoms with E-state index < -0.39 is 0 Å². The van der Waals surface area contributed by atoms with Gasteiger partial charge in [0, 0.05) is 15.5 Å². The lowest BCUT2D eigenvalue weighted by molar-refractivity contribution is 0.312. The number of ether oxygens (including phenoxy) is 1. The van der Waals surface area contributed by atoms with Crippen molar-refractivity contribution in [1.82, 2.24) is 15.0 Å². The number of halogens is 2. The molecule has 8 heteroatoms. The molecule has 0 aliphatic heterocycles. The molecule has 112 valence electrons. The van der Waals surface area contributed by atoms with Crippen molar-refractivity contribution in [2.75, 3.05) is 23.8 Å². The van der Waals surface area contributed by atoms with Crippen LogP contribution in [0.3, 0.4) is 0 Å². The zero-order chi connectivity index (χ0) is 15.2. The van der Waals surface area contributed by atoms with E-state index in [1.54, 1.807) is 0 Å².